The summed E-state index contributed by atoms with van der Waals surface area (Å²) in [5, 5.41) is 8.18. The van der Waals surface area contributed by atoms with Crippen LogP contribution in [-0.2, 0) is 0 Å². The lowest BCUT2D eigenvalue weighted by atomic mass is 10.2. The predicted molar refractivity (Wildman–Crippen MR) is 96.9 cm³/mol. The largest absolute Gasteiger partial charge is 0.456 e. The van der Waals surface area contributed by atoms with Gasteiger partial charge in [0.05, 0.1) is 0 Å². The van der Waals surface area contributed by atoms with Gasteiger partial charge in [-0.25, -0.2) is 4.79 Å². The first-order chi connectivity index (χ1) is 12.1. The quantitative estimate of drug-likeness (QED) is 0.657. The van der Waals surface area contributed by atoms with E-state index in [1.54, 1.807) is 55.5 Å². The number of furan rings is 1. The maximum Gasteiger partial charge on any atom is 0.323 e. The van der Waals surface area contributed by atoms with Gasteiger partial charge in [0.15, 0.2) is 5.76 Å². The number of urea groups is 1. The van der Waals surface area contributed by atoms with Crippen LogP contribution in [-0.4, -0.2) is 11.9 Å². The molecule has 1 aromatic heterocycles. The molecule has 0 aliphatic rings. The number of hydrogen-bond donors (Lipinski definition) is 3. The first-order valence-corrected chi connectivity index (χ1v) is 7.71. The molecule has 3 N–H and O–H groups in total. The molecular formula is C19H17N3O3. The molecule has 0 spiro atoms. The third-order valence-corrected chi connectivity index (χ3v) is 3.40. The van der Waals surface area contributed by atoms with E-state index in [2.05, 4.69) is 16.0 Å². The Kier molecular flexibility index (Phi) is 4.80. The number of amides is 3. The van der Waals surface area contributed by atoms with E-state index in [0.29, 0.717) is 22.8 Å². The van der Waals surface area contributed by atoms with Crippen LogP contribution in [0.2, 0.25) is 0 Å². The third-order valence-electron chi connectivity index (χ3n) is 3.40. The molecule has 0 unspecified atom stereocenters. The number of carbonyl (C=O) groups is 2. The lowest BCUT2D eigenvalue weighted by Gasteiger charge is -2.08. The zero-order chi connectivity index (χ0) is 17.6. The molecule has 0 saturated heterocycles. The Morgan fingerprint density at radius 3 is 1.84 bits per heavy atom. The molecule has 0 bridgehead atoms. The first kappa shape index (κ1) is 16.3. The first-order valence-electron chi connectivity index (χ1n) is 7.71. The van der Waals surface area contributed by atoms with Gasteiger partial charge < -0.3 is 20.4 Å². The van der Waals surface area contributed by atoms with Gasteiger partial charge in [0.25, 0.3) is 5.91 Å². The van der Waals surface area contributed by atoms with Crippen LogP contribution < -0.4 is 16.0 Å². The Morgan fingerprint density at radius 1 is 0.720 bits per heavy atom. The predicted octanol–water partition coefficient (Wildman–Crippen LogP) is 4.48. The van der Waals surface area contributed by atoms with Crippen LogP contribution in [0.1, 0.15) is 16.3 Å². The fourth-order valence-electron chi connectivity index (χ4n) is 2.20. The number of rotatable bonds is 4. The topological polar surface area (TPSA) is 83.4 Å². The highest BCUT2D eigenvalue weighted by molar-refractivity contribution is 6.03. The lowest BCUT2D eigenvalue weighted by molar-refractivity contribution is 0.0995. The van der Waals surface area contributed by atoms with E-state index in [4.69, 9.17) is 4.42 Å². The van der Waals surface area contributed by atoms with Gasteiger partial charge in [0.2, 0.25) is 0 Å². The maximum atomic E-state index is 12.0. The fourth-order valence-corrected chi connectivity index (χ4v) is 2.20. The van der Waals surface area contributed by atoms with Crippen molar-refractivity contribution in [1.29, 1.82) is 0 Å². The summed E-state index contributed by atoms with van der Waals surface area (Å²) in [5.74, 6) is 0.603. The van der Waals surface area contributed by atoms with Gasteiger partial charge >= 0.3 is 6.03 Å². The molecule has 126 valence electrons. The number of para-hydroxylation sites is 1. The normalized spacial score (nSPS) is 10.1. The molecule has 0 aliphatic heterocycles. The van der Waals surface area contributed by atoms with Gasteiger partial charge in [-0.3, -0.25) is 4.79 Å². The number of carbonyl (C=O) groups excluding carboxylic acids is 2. The molecule has 2 aromatic carbocycles. The molecule has 6 heteroatoms. The molecule has 6 nitrogen and oxygen atoms in total. The van der Waals surface area contributed by atoms with Crippen molar-refractivity contribution in [2.75, 3.05) is 16.0 Å². The minimum absolute atomic E-state index is 0.252. The van der Waals surface area contributed by atoms with Crippen molar-refractivity contribution in [3.05, 3.63) is 78.3 Å². The molecule has 0 radical (unpaired) electrons. The van der Waals surface area contributed by atoms with Gasteiger partial charge in [0, 0.05) is 17.1 Å². The summed E-state index contributed by atoms with van der Waals surface area (Å²) in [7, 11) is 0. The van der Waals surface area contributed by atoms with Crippen molar-refractivity contribution in [3.8, 4) is 0 Å². The zero-order valence-corrected chi connectivity index (χ0v) is 13.6. The minimum atomic E-state index is -0.339. The van der Waals surface area contributed by atoms with Crippen molar-refractivity contribution < 1.29 is 14.0 Å². The van der Waals surface area contributed by atoms with E-state index in [1.165, 1.54) is 0 Å². The molecule has 0 saturated carbocycles. The Labute approximate surface area is 144 Å². The number of nitrogens with one attached hydrogen (secondary N) is 3. The molecule has 25 heavy (non-hydrogen) atoms. The molecule has 3 rings (SSSR count). The number of anilines is 3. The number of hydrogen-bond acceptors (Lipinski definition) is 3. The number of aryl methyl sites for hydroxylation is 1. The summed E-state index contributed by atoms with van der Waals surface area (Å²) < 4.78 is 5.27. The van der Waals surface area contributed by atoms with Crippen molar-refractivity contribution in [1.82, 2.24) is 0 Å². The second-order valence-corrected chi connectivity index (χ2v) is 5.39. The highest BCUT2D eigenvalue weighted by Gasteiger charge is 2.10. The number of benzene rings is 2. The van der Waals surface area contributed by atoms with Gasteiger partial charge in [-0.15, -0.1) is 0 Å². The van der Waals surface area contributed by atoms with E-state index < -0.39 is 0 Å². The molecule has 3 amide bonds. The van der Waals surface area contributed by atoms with Crippen molar-refractivity contribution in [2.24, 2.45) is 0 Å². The summed E-state index contributed by atoms with van der Waals surface area (Å²) in [6, 6.07) is 19.0. The molecule has 0 fully saturated rings. The molecular weight excluding hydrogens is 318 g/mol. The van der Waals surface area contributed by atoms with E-state index in [0.717, 1.165) is 0 Å². The standard InChI is InChI=1S/C19H17N3O3/c1-13-7-12-17(25-13)18(23)20-15-8-10-16(11-9-15)22-19(24)21-14-5-3-2-4-6-14/h2-12H,1H3,(H,20,23)(H2,21,22,24). The Balaban J connectivity index is 1.56. The smallest absolute Gasteiger partial charge is 0.323 e. The van der Waals surface area contributed by atoms with Crippen LogP contribution >= 0.6 is 0 Å². The fraction of sp³-hybridized carbons (Fsp3) is 0.0526. The summed E-state index contributed by atoms with van der Waals surface area (Å²) in [6.45, 7) is 1.78. The molecule has 0 atom stereocenters. The van der Waals surface area contributed by atoms with Crippen molar-refractivity contribution in [3.63, 3.8) is 0 Å². The zero-order valence-electron chi connectivity index (χ0n) is 13.6. The Hall–Kier alpha value is -3.54. The lowest BCUT2D eigenvalue weighted by Crippen LogP contribution is -2.19. The van der Waals surface area contributed by atoms with Crippen LogP contribution in [0, 0.1) is 6.92 Å². The highest BCUT2D eigenvalue weighted by Crippen LogP contribution is 2.16. The summed E-state index contributed by atoms with van der Waals surface area (Å²) in [6.07, 6.45) is 0. The highest BCUT2D eigenvalue weighted by atomic mass is 16.3. The SMILES string of the molecule is Cc1ccc(C(=O)Nc2ccc(NC(=O)Nc3ccccc3)cc2)o1. The average Bonchev–Trinajstić information content (AvgIpc) is 3.04. The van der Waals surface area contributed by atoms with Crippen LogP contribution in [0.4, 0.5) is 21.9 Å². The van der Waals surface area contributed by atoms with E-state index in [9.17, 15) is 9.59 Å². The van der Waals surface area contributed by atoms with E-state index in [1.807, 2.05) is 18.2 Å². The van der Waals surface area contributed by atoms with Crippen LogP contribution in [0.25, 0.3) is 0 Å². The average molecular weight is 335 g/mol. The van der Waals surface area contributed by atoms with Crippen LogP contribution in [0.5, 0.6) is 0 Å². The molecule has 0 aliphatic carbocycles. The van der Waals surface area contributed by atoms with Crippen molar-refractivity contribution in [2.45, 2.75) is 6.92 Å². The Bertz CT molecular complexity index is 870. The second-order valence-electron chi connectivity index (χ2n) is 5.39. The summed E-state index contributed by atoms with van der Waals surface area (Å²) in [5.41, 5.74) is 1.92. The Morgan fingerprint density at radius 2 is 1.28 bits per heavy atom. The minimum Gasteiger partial charge on any atom is -0.456 e. The molecule has 3 aromatic rings. The molecule has 1 heterocycles. The van der Waals surface area contributed by atoms with Crippen LogP contribution in [0.15, 0.2) is 71.1 Å². The monoisotopic (exact) mass is 335 g/mol. The summed E-state index contributed by atoms with van der Waals surface area (Å²) in [4.78, 5) is 23.9. The van der Waals surface area contributed by atoms with E-state index >= 15 is 0 Å². The third kappa shape index (κ3) is 4.48. The maximum absolute atomic E-state index is 12.0. The van der Waals surface area contributed by atoms with Gasteiger partial charge in [-0.05, 0) is 55.5 Å². The van der Waals surface area contributed by atoms with Gasteiger partial charge in [0.1, 0.15) is 5.76 Å². The second kappa shape index (κ2) is 7.35. The van der Waals surface area contributed by atoms with Crippen molar-refractivity contribution >= 4 is 29.0 Å². The van der Waals surface area contributed by atoms with Crippen LogP contribution in [0.3, 0.4) is 0 Å². The summed E-state index contributed by atoms with van der Waals surface area (Å²) >= 11 is 0. The van der Waals surface area contributed by atoms with E-state index in [-0.39, 0.29) is 17.7 Å². The van der Waals surface area contributed by atoms with Gasteiger partial charge in [-0.1, -0.05) is 18.2 Å². The van der Waals surface area contributed by atoms with Gasteiger partial charge in [-0.2, -0.15) is 0 Å².